The number of amides is 1. The first-order chi connectivity index (χ1) is 9.45. The summed E-state index contributed by atoms with van der Waals surface area (Å²) in [5.41, 5.74) is 1.13. The van der Waals surface area contributed by atoms with E-state index < -0.39 is 12.1 Å². The van der Waals surface area contributed by atoms with E-state index in [0.717, 1.165) is 5.56 Å². The molecular formula is C13H12N2O4S. The van der Waals surface area contributed by atoms with E-state index in [9.17, 15) is 9.59 Å². The molecule has 1 atom stereocenters. The van der Waals surface area contributed by atoms with Gasteiger partial charge in [0, 0.05) is 0 Å². The zero-order chi connectivity index (χ0) is 14.7. The maximum atomic E-state index is 11.5. The van der Waals surface area contributed by atoms with Crippen molar-refractivity contribution in [2.45, 2.75) is 13.0 Å². The number of hydrogen-bond donors (Lipinski definition) is 3. The molecule has 0 saturated carbocycles. The molecule has 1 aliphatic heterocycles. The monoisotopic (exact) mass is 292 g/mol. The molecule has 1 heterocycles. The third kappa shape index (κ3) is 3.33. The fourth-order valence-corrected chi connectivity index (χ4v) is 1.75. The summed E-state index contributed by atoms with van der Waals surface area (Å²) in [4.78, 5) is 22.1. The first-order valence-electron chi connectivity index (χ1n) is 5.79. The van der Waals surface area contributed by atoms with Crippen LogP contribution in [0.3, 0.4) is 0 Å². The number of carboxylic acids is 1. The highest BCUT2D eigenvalue weighted by atomic mass is 32.1. The Morgan fingerprint density at radius 3 is 2.50 bits per heavy atom. The number of carboxylic acid groups (broad SMARTS) is 1. The summed E-state index contributed by atoms with van der Waals surface area (Å²) < 4.78 is 5.20. The van der Waals surface area contributed by atoms with E-state index in [4.69, 9.17) is 22.1 Å². The summed E-state index contributed by atoms with van der Waals surface area (Å²) >= 11 is 4.82. The number of rotatable bonds is 4. The number of ether oxygens (including phenoxy) is 1. The molecule has 1 amide bonds. The van der Waals surface area contributed by atoms with E-state index >= 15 is 0 Å². The molecule has 3 N–H and O–H groups in total. The van der Waals surface area contributed by atoms with E-state index in [1.54, 1.807) is 30.3 Å². The Morgan fingerprint density at radius 2 is 2.00 bits per heavy atom. The molecule has 104 valence electrons. The zero-order valence-corrected chi connectivity index (χ0v) is 11.4. The van der Waals surface area contributed by atoms with Crippen molar-refractivity contribution in [3.63, 3.8) is 0 Å². The number of benzene rings is 1. The lowest BCUT2D eigenvalue weighted by Gasteiger charge is -2.10. The van der Waals surface area contributed by atoms with Gasteiger partial charge in [-0.3, -0.25) is 10.1 Å². The van der Waals surface area contributed by atoms with E-state index in [-0.39, 0.29) is 11.0 Å². The standard InChI is InChI=1S/C13H12N2O4S/c1-7(12(17)18)19-9-4-2-8(3-5-9)6-10-11(16)15-13(20)14-10/h2-7H,1H3,(H,17,18)(H2,14,15,16,20). The van der Waals surface area contributed by atoms with Gasteiger partial charge in [0.1, 0.15) is 11.4 Å². The number of nitrogens with one attached hydrogen (secondary N) is 2. The molecule has 1 aliphatic rings. The predicted octanol–water partition coefficient (Wildman–Crippen LogP) is 0.884. The molecule has 0 bridgehead atoms. The van der Waals surface area contributed by atoms with Gasteiger partial charge in [0.05, 0.1) is 0 Å². The fourth-order valence-electron chi connectivity index (χ4n) is 1.55. The Balaban J connectivity index is 2.09. The van der Waals surface area contributed by atoms with Crippen molar-refractivity contribution in [1.82, 2.24) is 10.6 Å². The molecular weight excluding hydrogens is 280 g/mol. The first-order valence-corrected chi connectivity index (χ1v) is 6.20. The summed E-state index contributed by atoms with van der Waals surface area (Å²) in [6, 6.07) is 6.70. The molecule has 0 aliphatic carbocycles. The van der Waals surface area contributed by atoms with E-state index in [2.05, 4.69) is 10.6 Å². The molecule has 0 spiro atoms. The molecule has 0 radical (unpaired) electrons. The van der Waals surface area contributed by atoms with Crippen molar-refractivity contribution in [2.24, 2.45) is 0 Å². The summed E-state index contributed by atoms with van der Waals surface area (Å²) in [6.45, 7) is 1.45. The smallest absolute Gasteiger partial charge is 0.344 e. The second kappa shape index (κ2) is 5.70. The molecule has 2 rings (SSSR count). The van der Waals surface area contributed by atoms with Crippen LogP contribution in [0.1, 0.15) is 12.5 Å². The van der Waals surface area contributed by atoms with Gasteiger partial charge in [-0.05, 0) is 42.9 Å². The third-order valence-electron chi connectivity index (χ3n) is 2.57. The molecule has 1 aromatic carbocycles. The van der Waals surface area contributed by atoms with Gasteiger partial charge in [-0.15, -0.1) is 0 Å². The van der Waals surface area contributed by atoms with Crippen LogP contribution in [-0.4, -0.2) is 28.2 Å². The van der Waals surface area contributed by atoms with E-state index in [0.29, 0.717) is 11.4 Å². The minimum absolute atomic E-state index is 0.275. The van der Waals surface area contributed by atoms with Crippen molar-refractivity contribution >= 4 is 35.3 Å². The highest BCUT2D eigenvalue weighted by molar-refractivity contribution is 7.80. The van der Waals surface area contributed by atoms with Crippen molar-refractivity contribution in [1.29, 1.82) is 0 Å². The Hall–Kier alpha value is -2.41. The molecule has 1 unspecified atom stereocenters. The Labute approximate surface area is 120 Å². The van der Waals surface area contributed by atoms with Crippen LogP contribution in [0.2, 0.25) is 0 Å². The molecule has 20 heavy (non-hydrogen) atoms. The summed E-state index contributed by atoms with van der Waals surface area (Å²) in [6.07, 6.45) is 0.720. The highest BCUT2D eigenvalue weighted by Crippen LogP contribution is 2.16. The lowest BCUT2D eigenvalue weighted by atomic mass is 10.2. The van der Waals surface area contributed by atoms with Gasteiger partial charge >= 0.3 is 5.97 Å². The van der Waals surface area contributed by atoms with Crippen LogP contribution >= 0.6 is 12.2 Å². The topological polar surface area (TPSA) is 87.7 Å². The Kier molecular flexibility index (Phi) is 3.99. The predicted molar refractivity (Wildman–Crippen MR) is 76.0 cm³/mol. The minimum Gasteiger partial charge on any atom is -0.479 e. The average molecular weight is 292 g/mol. The Bertz CT molecular complexity index is 595. The molecule has 1 fully saturated rings. The van der Waals surface area contributed by atoms with Gasteiger partial charge in [-0.1, -0.05) is 12.1 Å². The number of thiocarbonyl (C=S) groups is 1. The van der Waals surface area contributed by atoms with Crippen LogP contribution < -0.4 is 15.4 Å². The van der Waals surface area contributed by atoms with E-state index in [1.165, 1.54) is 6.92 Å². The number of carbonyl (C=O) groups excluding carboxylic acids is 1. The molecule has 6 nitrogen and oxygen atoms in total. The fraction of sp³-hybridized carbons (Fsp3) is 0.154. The normalized spacial score (nSPS) is 17.6. The van der Waals surface area contributed by atoms with Gasteiger partial charge in [0.15, 0.2) is 11.2 Å². The second-order valence-electron chi connectivity index (χ2n) is 4.13. The first kappa shape index (κ1) is 14.0. The average Bonchev–Trinajstić information content (AvgIpc) is 2.70. The summed E-state index contributed by atoms with van der Waals surface area (Å²) in [5, 5.41) is 14.2. The van der Waals surface area contributed by atoms with Crippen LogP contribution in [0.5, 0.6) is 5.75 Å². The third-order valence-corrected chi connectivity index (χ3v) is 2.78. The lowest BCUT2D eigenvalue weighted by Crippen LogP contribution is -2.22. The maximum absolute atomic E-state index is 11.5. The van der Waals surface area contributed by atoms with Crippen LogP contribution in [0.15, 0.2) is 30.0 Å². The second-order valence-corrected chi connectivity index (χ2v) is 4.54. The van der Waals surface area contributed by atoms with Gasteiger partial charge in [0.25, 0.3) is 5.91 Å². The van der Waals surface area contributed by atoms with Crippen LogP contribution in [0, 0.1) is 0 Å². The quantitative estimate of drug-likeness (QED) is 0.564. The zero-order valence-electron chi connectivity index (χ0n) is 10.5. The molecule has 0 aromatic heterocycles. The SMILES string of the molecule is CC(Oc1ccc(C=C2NC(=S)NC2=O)cc1)C(=O)O. The largest absolute Gasteiger partial charge is 0.479 e. The van der Waals surface area contributed by atoms with Crippen molar-refractivity contribution < 1.29 is 19.4 Å². The van der Waals surface area contributed by atoms with Crippen molar-refractivity contribution in [2.75, 3.05) is 0 Å². The lowest BCUT2D eigenvalue weighted by molar-refractivity contribution is -0.144. The number of hydrogen-bond acceptors (Lipinski definition) is 4. The van der Waals surface area contributed by atoms with Crippen LogP contribution in [-0.2, 0) is 9.59 Å². The number of aliphatic carboxylic acids is 1. The van der Waals surface area contributed by atoms with Crippen LogP contribution in [0.4, 0.5) is 0 Å². The molecule has 7 heteroatoms. The van der Waals surface area contributed by atoms with Crippen molar-refractivity contribution in [3.8, 4) is 5.75 Å². The maximum Gasteiger partial charge on any atom is 0.344 e. The number of carbonyl (C=O) groups is 2. The molecule has 1 aromatic rings. The van der Waals surface area contributed by atoms with Gasteiger partial charge in [-0.25, -0.2) is 4.79 Å². The van der Waals surface area contributed by atoms with Gasteiger partial charge in [-0.2, -0.15) is 0 Å². The van der Waals surface area contributed by atoms with Crippen LogP contribution in [0.25, 0.3) is 6.08 Å². The highest BCUT2D eigenvalue weighted by Gasteiger charge is 2.19. The Morgan fingerprint density at radius 1 is 1.35 bits per heavy atom. The van der Waals surface area contributed by atoms with Gasteiger partial charge in [0.2, 0.25) is 0 Å². The van der Waals surface area contributed by atoms with Gasteiger partial charge < -0.3 is 15.2 Å². The summed E-state index contributed by atoms with van der Waals surface area (Å²) in [7, 11) is 0. The summed E-state index contributed by atoms with van der Waals surface area (Å²) in [5.74, 6) is -0.868. The van der Waals surface area contributed by atoms with E-state index in [1.807, 2.05) is 0 Å². The minimum atomic E-state index is -1.03. The van der Waals surface area contributed by atoms with Crippen molar-refractivity contribution in [3.05, 3.63) is 35.5 Å². The molecule has 1 saturated heterocycles.